The quantitative estimate of drug-likeness (QED) is 0.171. The lowest BCUT2D eigenvalue weighted by Crippen LogP contribution is -2.45. The summed E-state index contributed by atoms with van der Waals surface area (Å²) in [7, 11) is -2.48. The molecule has 0 spiro atoms. The first-order chi connectivity index (χ1) is 20.2. The minimum Gasteiger partial charge on any atom is -0.453 e. The van der Waals surface area contributed by atoms with E-state index in [0.29, 0.717) is 23.8 Å². The average molecular weight is 605 g/mol. The minimum absolute atomic E-state index is 0.137. The van der Waals surface area contributed by atoms with Crippen molar-refractivity contribution < 1.29 is 22.7 Å². The lowest BCUT2D eigenvalue weighted by Gasteiger charge is -2.27. The number of rotatable bonds is 13. The average Bonchev–Trinajstić information content (AvgIpc) is 3.48. The highest BCUT2D eigenvalue weighted by atomic mass is 32.2. The fourth-order valence-corrected chi connectivity index (χ4v) is 7.27. The molecule has 0 saturated heterocycles. The molecule has 0 unspecified atom stereocenters. The zero-order chi connectivity index (χ0) is 30.1. The van der Waals surface area contributed by atoms with E-state index in [-0.39, 0.29) is 17.2 Å². The highest BCUT2D eigenvalue weighted by Gasteiger charge is 2.34. The number of alkyl carbamates (subject to hydrolysis) is 1. The van der Waals surface area contributed by atoms with Crippen LogP contribution in [0.1, 0.15) is 51.9 Å². The molecule has 4 rings (SSSR count). The second-order valence-corrected chi connectivity index (χ2v) is 13.5. The molecule has 0 aliphatic rings. The highest BCUT2D eigenvalue weighted by Crippen LogP contribution is 2.32. The highest BCUT2D eigenvalue weighted by molar-refractivity contribution is 7.89. The number of amides is 1. The first-order valence-corrected chi connectivity index (χ1v) is 16.1. The smallest absolute Gasteiger partial charge is 0.407 e. The normalized spacial score (nSPS) is 12.4. The maximum atomic E-state index is 14.1. The van der Waals surface area contributed by atoms with Gasteiger partial charge in [0.15, 0.2) is 5.78 Å². The Morgan fingerprint density at radius 1 is 0.833 bits per heavy atom. The fourth-order valence-electron chi connectivity index (χ4n) is 4.73. The molecule has 0 fully saturated rings. The summed E-state index contributed by atoms with van der Waals surface area (Å²) in [6.07, 6.45) is -0.0136. The van der Waals surface area contributed by atoms with Gasteiger partial charge in [0.25, 0.3) is 0 Å². The summed E-state index contributed by atoms with van der Waals surface area (Å²) in [6.45, 7) is 4.60. The predicted molar refractivity (Wildman–Crippen MR) is 166 cm³/mol. The molecule has 1 heterocycles. The molecule has 0 radical (unpaired) electrons. The van der Waals surface area contributed by atoms with Gasteiger partial charge in [-0.2, -0.15) is 4.31 Å². The molecule has 3 aromatic carbocycles. The fraction of sp³-hybridized carbons (Fsp3) is 0.273. The molecule has 1 aromatic heterocycles. The van der Waals surface area contributed by atoms with Crippen LogP contribution in [0.2, 0.25) is 0 Å². The number of ether oxygens (including phenoxy) is 1. The van der Waals surface area contributed by atoms with Crippen LogP contribution < -0.4 is 5.32 Å². The van der Waals surface area contributed by atoms with Gasteiger partial charge < -0.3 is 10.1 Å². The summed E-state index contributed by atoms with van der Waals surface area (Å²) in [5.74, 6) is -0.448. The van der Waals surface area contributed by atoms with Crippen LogP contribution in [0.4, 0.5) is 4.79 Å². The summed E-state index contributed by atoms with van der Waals surface area (Å²) in [5, 5.41) is 2.78. The Balaban J connectivity index is 1.68. The van der Waals surface area contributed by atoms with E-state index in [4.69, 9.17) is 4.74 Å². The van der Waals surface area contributed by atoms with Gasteiger partial charge >= 0.3 is 6.09 Å². The van der Waals surface area contributed by atoms with Crippen LogP contribution in [0.3, 0.4) is 0 Å². The predicted octanol–water partition coefficient (Wildman–Crippen LogP) is 6.72. The van der Waals surface area contributed by atoms with Gasteiger partial charge in [-0.3, -0.25) is 4.79 Å². The Hall–Kier alpha value is -3.79. The number of benzene rings is 3. The molecule has 4 aromatic rings. The Morgan fingerprint density at radius 2 is 1.38 bits per heavy atom. The number of nitrogens with one attached hydrogen (secondary N) is 1. The summed E-state index contributed by atoms with van der Waals surface area (Å²) in [4.78, 5) is 28.0. The molecule has 7 nitrogen and oxygen atoms in total. The molecule has 9 heteroatoms. The minimum atomic E-state index is -3.75. The van der Waals surface area contributed by atoms with Crippen LogP contribution in [-0.4, -0.2) is 44.3 Å². The van der Waals surface area contributed by atoms with Gasteiger partial charge in [-0.15, -0.1) is 11.3 Å². The van der Waals surface area contributed by atoms with Crippen LogP contribution in [-0.2, 0) is 21.3 Å². The summed E-state index contributed by atoms with van der Waals surface area (Å²) in [6, 6.07) is 30.0. The van der Waals surface area contributed by atoms with Crippen molar-refractivity contribution >= 4 is 33.2 Å². The molecule has 0 saturated carbocycles. The van der Waals surface area contributed by atoms with Crippen molar-refractivity contribution in [3.8, 4) is 0 Å². The standard InChI is InChI=1S/C33H36N2O5S2/c1-24(2)21-22-35(42(38,39)28-17-11-6-12-18-28)23-27-19-20-29(41-27)32(36)31(34-33(37)40-3)30(25-13-7-4-8-14-25)26-15-9-5-10-16-26/h4-20,24,30-31H,21-23H2,1-3H3,(H,34,37)/t31-/m1/s1. The molecule has 220 valence electrons. The Kier molecular flexibility index (Phi) is 10.7. The molecule has 0 aliphatic heterocycles. The molecule has 1 amide bonds. The van der Waals surface area contributed by atoms with Crippen molar-refractivity contribution in [2.45, 2.75) is 43.7 Å². The Morgan fingerprint density at radius 3 is 1.90 bits per heavy atom. The van der Waals surface area contributed by atoms with Crippen LogP contribution in [0.5, 0.6) is 0 Å². The third kappa shape index (κ3) is 7.73. The molecule has 0 aliphatic carbocycles. The second-order valence-electron chi connectivity index (χ2n) is 10.4. The summed E-state index contributed by atoms with van der Waals surface area (Å²) < 4.78 is 33.5. The van der Waals surface area contributed by atoms with Crippen molar-refractivity contribution in [2.24, 2.45) is 5.92 Å². The zero-order valence-electron chi connectivity index (χ0n) is 24.0. The number of hydrogen-bond donors (Lipinski definition) is 1. The third-order valence-corrected chi connectivity index (χ3v) is 9.91. The number of carbonyl (C=O) groups excluding carboxylic acids is 2. The number of sulfonamides is 1. The maximum absolute atomic E-state index is 14.1. The lowest BCUT2D eigenvalue weighted by molar-refractivity contribution is 0.0925. The molecular formula is C33H36N2O5S2. The third-order valence-electron chi connectivity index (χ3n) is 6.97. The largest absolute Gasteiger partial charge is 0.453 e. The molecular weight excluding hydrogens is 569 g/mol. The molecule has 1 N–H and O–H groups in total. The number of carbonyl (C=O) groups is 2. The molecule has 42 heavy (non-hydrogen) atoms. The van der Waals surface area contributed by atoms with Crippen molar-refractivity contribution in [3.63, 3.8) is 0 Å². The maximum Gasteiger partial charge on any atom is 0.407 e. The van der Waals surface area contributed by atoms with E-state index >= 15 is 0 Å². The SMILES string of the molecule is COC(=O)N[C@@H](C(=O)c1ccc(CN(CCC(C)C)S(=O)(=O)c2ccccc2)s1)C(c1ccccc1)c1ccccc1. The van der Waals surface area contributed by atoms with E-state index in [1.165, 1.54) is 22.8 Å². The number of Topliss-reactive ketones (excluding diaryl/α,β-unsaturated/α-hetero) is 1. The van der Waals surface area contributed by atoms with E-state index in [2.05, 4.69) is 19.2 Å². The number of hydrogen-bond acceptors (Lipinski definition) is 6. The molecule has 1 atom stereocenters. The van der Waals surface area contributed by atoms with E-state index in [1.807, 2.05) is 60.7 Å². The number of thiophene rings is 1. The van der Waals surface area contributed by atoms with E-state index < -0.39 is 28.1 Å². The van der Waals surface area contributed by atoms with Gasteiger partial charge in [0.1, 0.15) is 6.04 Å². The summed E-state index contributed by atoms with van der Waals surface area (Å²) in [5.41, 5.74) is 1.73. The van der Waals surface area contributed by atoms with Gasteiger partial charge in [-0.05, 0) is 47.7 Å². The van der Waals surface area contributed by atoms with E-state index in [0.717, 1.165) is 16.0 Å². The topological polar surface area (TPSA) is 92.8 Å². The van der Waals surface area contributed by atoms with Gasteiger partial charge in [0.05, 0.1) is 16.9 Å². The second kappa shape index (κ2) is 14.4. The van der Waals surface area contributed by atoms with Crippen molar-refractivity contribution in [1.29, 1.82) is 0 Å². The number of ketones is 1. The zero-order valence-corrected chi connectivity index (χ0v) is 25.6. The molecule has 0 bridgehead atoms. The Bertz CT molecular complexity index is 1520. The van der Waals surface area contributed by atoms with Crippen LogP contribution >= 0.6 is 11.3 Å². The first-order valence-electron chi connectivity index (χ1n) is 13.8. The van der Waals surface area contributed by atoms with Crippen molar-refractivity contribution in [1.82, 2.24) is 9.62 Å². The van der Waals surface area contributed by atoms with E-state index in [9.17, 15) is 18.0 Å². The number of nitrogens with zero attached hydrogens (tertiary/aromatic N) is 1. The van der Waals surface area contributed by atoms with Crippen molar-refractivity contribution in [2.75, 3.05) is 13.7 Å². The van der Waals surface area contributed by atoms with Crippen molar-refractivity contribution in [3.05, 3.63) is 124 Å². The van der Waals surface area contributed by atoms with Gasteiger partial charge in [0, 0.05) is 23.9 Å². The lowest BCUT2D eigenvalue weighted by atomic mass is 9.83. The van der Waals surface area contributed by atoms with Crippen LogP contribution in [0.25, 0.3) is 0 Å². The number of methoxy groups -OCH3 is 1. The monoisotopic (exact) mass is 604 g/mol. The van der Waals surface area contributed by atoms with Crippen LogP contribution in [0.15, 0.2) is 108 Å². The van der Waals surface area contributed by atoms with E-state index in [1.54, 1.807) is 42.5 Å². The van der Waals surface area contributed by atoms with Gasteiger partial charge in [-0.25, -0.2) is 13.2 Å². The van der Waals surface area contributed by atoms with Gasteiger partial charge in [-0.1, -0.05) is 92.7 Å². The van der Waals surface area contributed by atoms with Crippen LogP contribution in [0, 0.1) is 5.92 Å². The Labute approximate surface area is 252 Å². The first kappa shape index (κ1) is 31.2. The summed E-state index contributed by atoms with van der Waals surface area (Å²) >= 11 is 1.24. The van der Waals surface area contributed by atoms with Gasteiger partial charge in [0.2, 0.25) is 10.0 Å².